The van der Waals surface area contributed by atoms with Crippen LogP contribution in [-0.4, -0.2) is 161 Å². The van der Waals surface area contributed by atoms with E-state index in [1.807, 2.05) is 0 Å². The summed E-state index contributed by atoms with van der Waals surface area (Å²) >= 11 is 0. The summed E-state index contributed by atoms with van der Waals surface area (Å²) in [7, 11) is 0. The van der Waals surface area contributed by atoms with Crippen molar-refractivity contribution in [2.45, 2.75) is 73.6 Å². The Morgan fingerprint density at radius 3 is 1.14 bits per heavy atom. The van der Waals surface area contributed by atoms with E-state index in [9.17, 15) is 69.6 Å². The van der Waals surface area contributed by atoms with Crippen molar-refractivity contribution in [1.82, 2.24) is 0 Å². The third kappa shape index (κ3) is 12.9. The molecule has 0 saturated heterocycles. The molecule has 2 rings (SSSR count). The average molecular weight is 803 g/mol. The molecule has 0 fully saturated rings. The number of aliphatic hydroxyl groups excluding tert-OH is 8. The predicted molar refractivity (Wildman–Crippen MR) is 179 cm³/mol. The van der Waals surface area contributed by atoms with E-state index in [4.69, 9.17) is 42.6 Å². The van der Waals surface area contributed by atoms with Gasteiger partial charge in [-0.15, -0.1) is 0 Å². The van der Waals surface area contributed by atoms with Gasteiger partial charge in [-0.25, -0.2) is 28.8 Å². The van der Waals surface area contributed by atoms with Crippen LogP contribution in [0.1, 0.15) is 11.1 Å². The van der Waals surface area contributed by atoms with Crippen LogP contribution >= 0.6 is 0 Å². The lowest BCUT2D eigenvalue weighted by Gasteiger charge is -2.25. The first-order valence-corrected chi connectivity index (χ1v) is 16.0. The van der Waals surface area contributed by atoms with Gasteiger partial charge in [0.15, 0.2) is 0 Å². The molecule has 18 N–H and O–H groups in total. The number of aliphatic hydroxyl groups is 8. The van der Waals surface area contributed by atoms with Crippen LogP contribution in [-0.2, 0) is 51.1 Å². The van der Waals surface area contributed by atoms with Crippen molar-refractivity contribution in [2.75, 3.05) is 13.2 Å². The molecule has 56 heavy (non-hydrogen) atoms. The maximum atomic E-state index is 12.8. The van der Waals surface area contributed by atoms with Gasteiger partial charge >= 0.3 is 35.8 Å². The number of aromatic hydroxyl groups is 2. The summed E-state index contributed by atoms with van der Waals surface area (Å²) in [5, 5.41) is 95.9. The Morgan fingerprint density at radius 2 is 0.839 bits per heavy atom. The van der Waals surface area contributed by atoms with Crippen LogP contribution in [0.3, 0.4) is 0 Å². The molecular formula is C32H42N4O20. The second-order valence-corrected chi connectivity index (χ2v) is 12.0. The number of nitrogens with two attached hydrogens (primary N) is 4. The van der Waals surface area contributed by atoms with Gasteiger partial charge in [0.1, 0.15) is 83.8 Å². The van der Waals surface area contributed by atoms with E-state index in [-0.39, 0.29) is 11.1 Å². The van der Waals surface area contributed by atoms with Gasteiger partial charge in [-0.3, -0.25) is 0 Å². The highest BCUT2D eigenvalue weighted by Gasteiger charge is 2.37. The minimum absolute atomic E-state index is 0.130. The largest absolute Gasteiger partial charge is 0.508 e. The molecule has 0 heterocycles. The van der Waals surface area contributed by atoms with Crippen molar-refractivity contribution in [1.29, 1.82) is 0 Å². The summed E-state index contributed by atoms with van der Waals surface area (Å²) in [6.45, 7) is -2.01. The summed E-state index contributed by atoms with van der Waals surface area (Å²) < 4.78 is 19.1. The zero-order valence-corrected chi connectivity index (χ0v) is 28.9. The number of carbonyl (C=O) groups is 6. The van der Waals surface area contributed by atoms with Crippen LogP contribution in [0.15, 0.2) is 36.4 Å². The van der Waals surface area contributed by atoms with Crippen LogP contribution in [0.25, 0.3) is 0 Å². The van der Waals surface area contributed by atoms with E-state index in [1.54, 1.807) is 0 Å². The second kappa shape index (κ2) is 21.2. The number of carbonyl (C=O) groups excluding carboxylic acids is 6. The van der Waals surface area contributed by atoms with E-state index in [1.165, 1.54) is 0 Å². The standard InChI is InChI=1S/C32H42N4O20/c33-15(27(47)55-29(49)21(35)25(45)23(43)17(41)9-37)5-11-1-3-13(39)7-19(11)53-31(51)32(52)54-20-8-14(40)4-2-12(20)6-16(34)28(48)56-30(50)22(36)26(46)24(44)18(42)10-38/h1-4,7-8,15-18,21-26,37-46H,5-6,9-10,33-36H2/t15?,16?,17?,18?,21-,22-,23-,24-,25-,26-/m1/s1. The molecule has 24 nitrogen and oxygen atoms in total. The smallest absolute Gasteiger partial charge is 0.423 e. The number of hydrogen-bond donors (Lipinski definition) is 14. The number of rotatable bonds is 18. The van der Waals surface area contributed by atoms with Crippen molar-refractivity contribution in [3.8, 4) is 23.0 Å². The zero-order chi connectivity index (χ0) is 42.6. The fraction of sp³-hybridized carbons (Fsp3) is 0.438. The molecule has 0 aliphatic carbocycles. The van der Waals surface area contributed by atoms with Gasteiger partial charge in [0.2, 0.25) is 0 Å². The molecule has 0 saturated carbocycles. The zero-order valence-electron chi connectivity index (χ0n) is 28.9. The van der Waals surface area contributed by atoms with Crippen molar-refractivity contribution < 1.29 is 98.8 Å². The first-order valence-electron chi connectivity index (χ1n) is 16.0. The van der Waals surface area contributed by atoms with Crippen LogP contribution in [0.4, 0.5) is 0 Å². The predicted octanol–water partition coefficient (Wildman–Crippen LogP) is -7.71. The number of hydrogen-bond acceptors (Lipinski definition) is 24. The van der Waals surface area contributed by atoms with Crippen LogP contribution in [0.5, 0.6) is 23.0 Å². The number of phenols is 2. The second-order valence-electron chi connectivity index (χ2n) is 12.0. The van der Waals surface area contributed by atoms with Crippen LogP contribution in [0, 0.1) is 0 Å². The van der Waals surface area contributed by atoms with Crippen LogP contribution in [0.2, 0.25) is 0 Å². The van der Waals surface area contributed by atoms with Crippen molar-refractivity contribution >= 4 is 35.8 Å². The van der Waals surface area contributed by atoms with Gasteiger partial charge < -0.3 is 92.9 Å². The maximum Gasteiger partial charge on any atom is 0.423 e. The van der Waals surface area contributed by atoms with Crippen molar-refractivity contribution in [3.05, 3.63) is 47.5 Å². The maximum absolute atomic E-state index is 12.8. The van der Waals surface area contributed by atoms with Gasteiger partial charge in [0.05, 0.1) is 13.2 Å². The monoisotopic (exact) mass is 802 g/mol. The lowest BCUT2D eigenvalue weighted by Crippen LogP contribution is -2.54. The Hall–Kier alpha value is -5.22. The summed E-state index contributed by atoms with van der Waals surface area (Å²) in [6.07, 6.45) is -13.5. The molecular weight excluding hydrogens is 760 g/mol. The van der Waals surface area contributed by atoms with Gasteiger partial charge in [0.25, 0.3) is 0 Å². The van der Waals surface area contributed by atoms with E-state index in [0.717, 1.165) is 36.4 Å². The summed E-state index contributed by atoms with van der Waals surface area (Å²) in [5.74, 6) is -11.7. The highest BCUT2D eigenvalue weighted by Crippen LogP contribution is 2.28. The fourth-order valence-corrected chi connectivity index (χ4v) is 4.40. The highest BCUT2D eigenvalue weighted by atomic mass is 16.6. The molecule has 4 unspecified atom stereocenters. The molecule has 0 radical (unpaired) electrons. The quantitative estimate of drug-likeness (QED) is 0.0288. The summed E-state index contributed by atoms with van der Waals surface area (Å²) in [6, 6.07) is -1.62. The average Bonchev–Trinajstić information content (AvgIpc) is 3.16. The van der Waals surface area contributed by atoms with Crippen molar-refractivity contribution in [3.63, 3.8) is 0 Å². The molecule has 2 aromatic carbocycles. The Balaban J connectivity index is 2.12. The first kappa shape index (κ1) is 46.9. The van der Waals surface area contributed by atoms with E-state index < -0.39 is 146 Å². The number of phenolic OH excluding ortho intramolecular Hbond substituents is 2. The first-order chi connectivity index (χ1) is 26.1. The highest BCUT2D eigenvalue weighted by molar-refractivity contribution is 6.31. The number of ether oxygens (including phenoxy) is 4. The third-order valence-corrected chi connectivity index (χ3v) is 7.70. The Labute approximate surface area is 315 Å². The molecule has 0 bridgehead atoms. The van der Waals surface area contributed by atoms with E-state index in [2.05, 4.69) is 9.47 Å². The summed E-state index contributed by atoms with van der Waals surface area (Å²) in [4.78, 5) is 75.0. The lowest BCUT2D eigenvalue weighted by molar-refractivity contribution is -0.167. The number of esters is 6. The van der Waals surface area contributed by atoms with Gasteiger partial charge in [-0.2, -0.15) is 0 Å². The SMILES string of the molecule is NC(Cc1ccc(O)cc1OC(=O)C(=O)Oc1cc(O)ccc1CC(N)C(=O)OC(=O)[C@H](N)[C@@H](O)[C@H](O)C(O)CO)C(=O)OC(=O)[C@H](N)[C@@H](O)[C@H](O)C(O)CO. The molecule has 0 spiro atoms. The molecule has 0 aromatic heterocycles. The van der Waals surface area contributed by atoms with Gasteiger partial charge in [0, 0.05) is 25.0 Å². The molecule has 0 amide bonds. The topological polar surface area (TPSA) is 446 Å². The molecule has 10 atom stereocenters. The Morgan fingerprint density at radius 1 is 0.518 bits per heavy atom. The Bertz CT molecular complexity index is 1600. The molecule has 2 aromatic rings. The molecule has 310 valence electrons. The third-order valence-electron chi connectivity index (χ3n) is 7.70. The van der Waals surface area contributed by atoms with Gasteiger partial charge in [-0.1, -0.05) is 12.1 Å². The van der Waals surface area contributed by atoms with E-state index in [0.29, 0.717) is 0 Å². The lowest BCUT2D eigenvalue weighted by atomic mass is 10.0. The molecule has 0 aliphatic rings. The minimum Gasteiger partial charge on any atom is -0.508 e. The number of benzene rings is 2. The van der Waals surface area contributed by atoms with Gasteiger partial charge in [-0.05, 0) is 23.3 Å². The normalized spacial score (nSPS) is 16.7. The molecule has 24 heteroatoms. The molecule has 0 aliphatic heterocycles. The fourth-order valence-electron chi connectivity index (χ4n) is 4.40. The summed E-state index contributed by atoms with van der Waals surface area (Å²) in [5.41, 5.74) is 22.3. The Kier molecular flexibility index (Phi) is 17.8. The van der Waals surface area contributed by atoms with Crippen LogP contribution < -0.4 is 32.4 Å². The van der Waals surface area contributed by atoms with E-state index >= 15 is 0 Å². The minimum atomic E-state index is -2.18. The van der Waals surface area contributed by atoms with Crippen molar-refractivity contribution in [2.24, 2.45) is 22.9 Å².